The van der Waals surface area contributed by atoms with Gasteiger partial charge in [-0.2, -0.15) is 11.8 Å². The molecule has 0 saturated heterocycles. The molecule has 100 valence electrons. The van der Waals surface area contributed by atoms with Crippen LogP contribution in [0.25, 0.3) is 0 Å². The van der Waals surface area contributed by atoms with E-state index in [0.717, 1.165) is 16.6 Å². The van der Waals surface area contributed by atoms with Crippen molar-refractivity contribution in [2.75, 3.05) is 12.8 Å². The van der Waals surface area contributed by atoms with Gasteiger partial charge in [0.15, 0.2) is 0 Å². The molecule has 1 nitrogen and oxygen atoms in total. The molecule has 4 heteroatoms. The van der Waals surface area contributed by atoms with Gasteiger partial charge in [0.2, 0.25) is 0 Å². The zero-order valence-corrected chi connectivity index (χ0v) is 13.2. The highest BCUT2D eigenvalue weighted by Crippen LogP contribution is 2.42. The minimum absolute atomic E-state index is 0.197. The summed E-state index contributed by atoms with van der Waals surface area (Å²) >= 11 is 5.40. The van der Waals surface area contributed by atoms with Crippen molar-refractivity contribution in [1.82, 2.24) is 5.32 Å². The molecule has 0 heterocycles. The van der Waals surface area contributed by atoms with Crippen molar-refractivity contribution in [3.05, 3.63) is 34.1 Å². The van der Waals surface area contributed by atoms with Gasteiger partial charge in [0.05, 0.1) is 0 Å². The molecule has 0 aromatic heterocycles. The van der Waals surface area contributed by atoms with Crippen molar-refractivity contribution in [1.29, 1.82) is 0 Å². The van der Waals surface area contributed by atoms with Gasteiger partial charge in [0.1, 0.15) is 5.82 Å². The standard InChI is InChI=1S/C14H19BrFNS/c1-10(12-5-4-11(16)8-13(12)15)17-9-14(18-2)6-3-7-14/h4-5,8,10,17H,3,6-7,9H2,1-2H3. The largest absolute Gasteiger partial charge is 0.309 e. The van der Waals surface area contributed by atoms with Crippen molar-refractivity contribution in [3.8, 4) is 0 Å². The predicted octanol–water partition coefficient (Wildman–Crippen LogP) is 4.52. The summed E-state index contributed by atoms with van der Waals surface area (Å²) in [5.41, 5.74) is 1.12. The molecule has 2 rings (SSSR count). The van der Waals surface area contributed by atoms with E-state index in [4.69, 9.17) is 0 Å². The first-order valence-corrected chi connectivity index (χ1v) is 8.32. The molecule has 1 saturated carbocycles. The predicted molar refractivity (Wildman–Crippen MR) is 80.6 cm³/mol. The second-order valence-corrected chi connectivity index (χ2v) is 7.14. The van der Waals surface area contributed by atoms with Gasteiger partial charge in [-0.1, -0.05) is 28.4 Å². The summed E-state index contributed by atoms with van der Waals surface area (Å²) in [5.74, 6) is -0.197. The molecule has 0 bridgehead atoms. The van der Waals surface area contributed by atoms with E-state index in [1.165, 1.54) is 31.4 Å². The highest BCUT2D eigenvalue weighted by Gasteiger charge is 2.36. The monoisotopic (exact) mass is 331 g/mol. The van der Waals surface area contributed by atoms with Crippen LogP contribution in [-0.4, -0.2) is 17.5 Å². The third-order valence-corrected chi connectivity index (χ3v) is 5.96. The number of hydrogen-bond acceptors (Lipinski definition) is 2. The molecule has 1 aromatic rings. The molecule has 1 atom stereocenters. The van der Waals surface area contributed by atoms with E-state index >= 15 is 0 Å². The topological polar surface area (TPSA) is 12.0 Å². The summed E-state index contributed by atoms with van der Waals surface area (Å²) in [5, 5.41) is 3.58. The summed E-state index contributed by atoms with van der Waals surface area (Å²) in [7, 11) is 0. The van der Waals surface area contributed by atoms with E-state index in [1.54, 1.807) is 0 Å². The summed E-state index contributed by atoms with van der Waals surface area (Å²) in [4.78, 5) is 0. The van der Waals surface area contributed by atoms with Crippen LogP contribution in [-0.2, 0) is 0 Å². The second kappa shape index (κ2) is 5.93. The maximum Gasteiger partial charge on any atom is 0.124 e. The molecule has 1 aromatic carbocycles. The minimum Gasteiger partial charge on any atom is -0.309 e. The Morgan fingerprint density at radius 3 is 2.72 bits per heavy atom. The van der Waals surface area contributed by atoms with Gasteiger partial charge in [-0.15, -0.1) is 0 Å². The Bertz CT molecular complexity index is 415. The lowest BCUT2D eigenvalue weighted by molar-refractivity contribution is 0.334. The van der Waals surface area contributed by atoms with Crippen molar-refractivity contribution < 1.29 is 4.39 Å². The molecule has 0 radical (unpaired) electrons. The van der Waals surface area contributed by atoms with Crippen molar-refractivity contribution in [3.63, 3.8) is 0 Å². The van der Waals surface area contributed by atoms with Gasteiger partial charge in [0, 0.05) is 21.8 Å². The third-order valence-electron chi connectivity index (χ3n) is 3.86. The van der Waals surface area contributed by atoms with Crippen molar-refractivity contribution in [2.24, 2.45) is 0 Å². The van der Waals surface area contributed by atoms with Crippen LogP contribution in [0.3, 0.4) is 0 Å². The van der Waals surface area contributed by atoms with E-state index in [2.05, 4.69) is 34.4 Å². The van der Waals surface area contributed by atoms with Crippen LogP contribution >= 0.6 is 27.7 Å². The summed E-state index contributed by atoms with van der Waals surface area (Å²) in [6.45, 7) is 3.16. The number of rotatable bonds is 5. The van der Waals surface area contributed by atoms with E-state index in [-0.39, 0.29) is 11.9 Å². The Balaban J connectivity index is 1.97. The van der Waals surface area contributed by atoms with Gasteiger partial charge < -0.3 is 5.32 Å². The summed E-state index contributed by atoms with van der Waals surface area (Å²) < 4.78 is 14.3. The first kappa shape index (κ1) is 14.4. The molecule has 18 heavy (non-hydrogen) atoms. The average molecular weight is 332 g/mol. The molecule has 1 fully saturated rings. The van der Waals surface area contributed by atoms with Crippen LogP contribution in [0.1, 0.15) is 37.8 Å². The minimum atomic E-state index is -0.197. The van der Waals surface area contributed by atoms with Gasteiger partial charge in [-0.3, -0.25) is 0 Å². The van der Waals surface area contributed by atoms with Gasteiger partial charge in [-0.05, 0) is 43.7 Å². The van der Waals surface area contributed by atoms with Crippen LogP contribution in [0.2, 0.25) is 0 Å². The van der Waals surface area contributed by atoms with E-state index in [0.29, 0.717) is 4.75 Å². The number of nitrogens with one attached hydrogen (secondary N) is 1. The fraction of sp³-hybridized carbons (Fsp3) is 0.571. The zero-order chi connectivity index (χ0) is 13.2. The highest BCUT2D eigenvalue weighted by molar-refractivity contribution is 9.10. The Hall–Kier alpha value is -0.0600. The molecule has 1 unspecified atom stereocenters. The smallest absolute Gasteiger partial charge is 0.124 e. The van der Waals surface area contributed by atoms with E-state index < -0.39 is 0 Å². The van der Waals surface area contributed by atoms with Crippen LogP contribution in [0.15, 0.2) is 22.7 Å². The molecule has 1 aliphatic rings. The Kier molecular flexibility index (Phi) is 4.73. The molecule has 0 amide bonds. The first-order chi connectivity index (χ1) is 8.56. The van der Waals surface area contributed by atoms with Crippen LogP contribution in [0, 0.1) is 5.82 Å². The summed E-state index contributed by atoms with van der Waals surface area (Å²) in [6, 6.07) is 5.14. The maximum absolute atomic E-state index is 13.1. The number of thioether (sulfide) groups is 1. The van der Waals surface area contributed by atoms with Crippen LogP contribution in [0.4, 0.5) is 4.39 Å². The highest BCUT2D eigenvalue weighted by atomic mass is 79.9. The molecule has 1 aliphatic carbocycles. The van der Waals surface area contributed by atoms with E-state index in [1.807, 2.05) is 17.8 Å². The quantitative estimate of drug-likeness (QED) is 0.850. The zero-order valence-electron chi connectivity index (χ0n) is 10.8. The molecule has 0 aliphatic heterocycles. The Labute approximate surface area is 121 Å². The lowest BCUT2D eigenvalue weighted by atomic mass is 9.84. The molecular formula is C14H19BrFNS. The maximum atomic E-state index is 13.1. The number of benzene rings is 1. The van der Waals surface area contributed by atoms with E-state index in [9.17, 15) is 4.39 Å². The summed E-state index contributed by atoms with van der Waals surface area (Å²) in [6.07, 6.45) is 6.15. The first-order valence-electron chi connectivity index (χ1n) is 6.30. The molecular weight excluding hydrogens is 313 g/mol. The van der Waals surface area contributed by atoms with Gasteiger partial charge in [0.25, 0.3) is 0 Å². The fourth-order valence-corrected chi connectivity index (χ4v) is 3.94. The lowest BCUT2D eigenvalue weighted by Gasteiger charge is -2.41. The van der Waals surface area contributed by atoms with Gasteiger partial charge >= 0.3 is 0 Å². The Morgan fingerprint density at radius 2 is 2.22 bits per heavy atom. The van der Waals surface area contributed by atoms with Gasteiger partial charge in [-0.25, -0.2) is 4.39 Å². The Morgan fingerprint density at radius 1 is 1.50 bits per heavy atom. The second-order valence-electron chi connectivity index (χ2n) is 5.01. The molecule has 0 spiro atoms. The number of halogens is 2. The normalized spacial score (nSPS) is 19.3. The van der Waals surface area contributed by atoms with Crippen molar-refractivity contribution >= 4 is 27.7 Å². The fourth-order valence-electron chi connectivity index (χ4n) is 2.33. The lowest BCUT2D eigenvalue weighted by Crippen LogP contribution is -2.44. The SMILES string of the molecule is CSC1(CNC(C)c2ccc(F)cc2Br)CCC1. The van der Waals surface area contributed by atoms with Crippen LogP contribution < -0.4 is 5.32 Å². The third kappa shape index (κ3) is 3.09. The van der Waals surface area contributed by atoms with Crippen molar-refractivity contribution in [2.45, 2.75) is 37.0 Å². The molecule has 1 N–H and O–H groups in total. The van der Waals surface area contributed by atoms with Crippen LogP contribution in [0.5, 0.6) is 0 Å². The number of hydrogen-bond donors (Lipinski definition) is 1. The average Bonchev–Trinajstić information content (AvgIpc) is 2.27.